The third-order valence-corrected chi connectivity index (χ3v) is 6.98. The molecule has 0 N–H and O–H groups in total. The Morgan fingerprint density at radius 2 is 1.41 bits per heavy atom. The maximum absolute atomic E-state index is 12.9. The van der Waals surface area contributed by atoms with E-state index >= 15 is 0 Å². The maximum Gasteiger partial charge on any atom is 0.243 e. The van der Waals surface area contributed by atoms with Crippen LogP contribution in [0.1, 0.15) is 30.5 Å². The molecule has 4 nitrogen and oxygen atoms in total. The lowest BCUT2D eigenvalue weighted by atomic mass is 10.0. The Hall–Kier alpha value is -1.69. The van der Waals surface area contributed by atoms with Gasteiger partial charge in [-0.1, -0.05) is 55.8 Å². The van der Waals surface area contributed by atoms with Crippen molar-refractivity contribution in [3.8, 4) is 0 Å². The number of benzene rings is 2. The smallest absolute Gasteiger partial charge is 0.243 e. The van der Waals surface area contributed by atoms with E-state index in [2.05, 4.69) is 49.9 Å². The normalized spacial score (nSPS) is 16.7. The van der Waals surface area contributed by atoms with E-state index in [0.717, 1.165) is 26.1 Å². The summed E-state index contributed by atoms with van der Waals surface area (Å²) in [6.07, 6.45) is 0.970. The fraction of sp³-hybridized carbons (Fsp3) is 0.455. The SMILES string of the molecule is Cc1ccc(CN2CCN(S(=O)(=O)c3ccc(CC(C)C)cc3)CC2)cc1. The summed E-state index contributed by atoms with van der Waals surface area (Å²) in [5.41, 5.74) is 3.72. The van der Waals surface area contributed by atoms with Gasteiger partial charge in [0.1, 0.15) is 0 Å². The number of aryl methyl sites for hydroxylation is 1. The highest BCUT2D eigenvalue weighted by atomic mass is 32.2. The molecule has 2 aromatic rings. The molecule has 1 fully saturated rings. The zero-order chi connectivity index (χ0) is 19.4. The second kappa shape index (κ2) is 8.55. The molecule has 1 heterocycles. The third kappa shape index (κ3) is 5.18. The predicted molar refractivity (Wildman–Crippen MR) is 110 cm³/mol. The van der Waals surface area contributed by atoms with E-state index in [1.165, 1.54) is 16.7 Å². The van der Waals surface area contributed by atoms with Gasteiger partial charge in [0.25, 0.3) is 0 Å². The minimum atomic E-state index is -3.40. The Balaban J connectivity index is 1.59. The van der Waals surface area contributed by atoms with Crippen molar-refractivity contribution in [2.45, 2.75) is 38.6 Å². The van der Waals surface area contributed by atoms with Crippen molar-refractivity contribution in [1.29, 1.82) is 0 Å². The molecule has 0 amide bonds. The Kier molecular flexibility index (Phi) is 6.35. The second-order valence-corrected chi connectivity index (χ2v) is 9.85. The van der Waals surface area contributed by atoms with Gasteiger partial charge in [0.05, 0.1) is 4.90 Å². The first-order valence-electron chi connectivity index (χ1n) is 9.71. The van der Waals surface area contributed by atoms with Gasteiger partial charge in [-0.2, -0.15) is 4.31 Å². The topological polar surface area (TPSA) is 40.6 Å². The van der Waals surface area contributed by atoms with Crippen molar-refractivity contribution in [3.63, 3.8) is 0 Å². The summed E-state index contributed by atoms with van der Waals surface area (Å²) in [7, 11) is -3.40. The summed E-state index contributed by atoms with van der Waals surface area (Å²) in [5, 5.41) is 0. The Labute approximate surface area is 163 Å². The molecule has 0 atom stereocenters. The molecular weight excluding hydrogens is 356 g/mol. The van der Waals surface area contributed by atoms with E-state index in [1.807, 2.05) is 12.1 Å². The van der Waals surface area contributed by atoms with Crippen LogP contribution in [-0.4, -0.2) is 43.8 Å². The number of rotatable bonds is 6. The van der Waals surface area contributed by atoms with E-state index in [4.69, 9.17) is 0 Å². The molecule has 0 saturated carbocycles. The number of nitrogens with zero attached hydrogens (tertiary/aromatic N) is 2. The highest BCUT2D eigenvalue weighted by Gasteiger charge is 2.28. The largest absolute Gasteiger partial charge is 0.296 e. The molecule has 3 rings (SSSR count). The molecule has 5 heteroatoms. The highest BCUT2D eigenvalue weighted by molar-refractivity contribution is 7.89. The Morgan fingerprint density at radius 1 is 0.852 bits per heavy atom. The fourth-order valence-electron chi connectivity index (χ4n) is 3.50. The van der Waals surface area contributed by atoms with Crippen molar-refractivity contribution < 1.29 is 8.42 Å². The summed E-state index contributed by atoms with van der Waals surface area (Å²) in [6, 6.07) is 15.9. The van der Waals surface area contributed by atoms with Crippen molar-refractivity contribution in [1.82, 2.24) is 9.21 Å². The lowest BCUT2D eigenvalue weighted by Crippen LogP contribution is -2.48. The number of hydrogen-bond donors (Lipinski definition) is 0. The number of sulfonamides is 1. The van der Waals surface area contributed by atoms with E-state index in [-0.39, 0.29) is 0 Å². The Bertz CT molecular complexity index is 835. The van der Waals surface area contributed by atoms with Gasteiger partial charge in [0, 0.05) is 32.7 Å². The maximum atomic E-state index is 12.9. The van der Waals surface area contributed by atoms with Gasteiger partial charge in [0.15, 0.2) is 0 Å². The van der Waals surface area contributed by atoms with Gasteiger partial charge in [0.2, 0.25) is 10.0 Å². The van der Waals surface area contributed by atoms with Crippen molar-refractivity contribution in [2.75, 3.05) is 26.2 Å². The molecule has 2 aromatic carbocycles. The van der Waals surface area contributed by atoms with E-state index in [1.54, 1.807) is 16.4 Å². The summed E-state index contributed by atoms with van der Waals surface area (Å²) in [4.78, 5) is 2.73. The first kappa shape index (κ1) is 20.1. The predicted octanol–water partition coefficient (Wildman–Crippen LogP) is 3.70. The molecule has 0 radical (unpaired) electrons. The molecule has 0 unspecified atom stereocenters. The lowest BCUT2D eigenvalue weighted by Gasteiger charge is -2.34. The Morgan fingerprint density at radius 3 is 1.96 bits per heavy atom. The summed E-state index contributed by atoms with van der Waals surface area (Å²) >= 11 is 0. The zero-order valence-corrected chi connectivity index (χ0v) is 17.4. The fourth-order valence-corrected chi connectivity index (χ4v) is 4.92. The van der Waals surface area contributed by atoms with E-state index in [0.29, 0.717) is 23.9 Å². The molecule has 27 heavy (non-hydrogen) atoms. The molecule has 146 valence electrons. The molecule has 1 aliphatic heterocycles. The minimum absolute atomic E-state index is 0.405. The van der Waals surface area contributed by atoms with Gasteiger partial charge in [-0.3, -0.25) is 4.90 Å². The molecule has 0 spiro atoms. The monoisotopic (exact) mass is 386 g/mol. The van der Waals surface area contributed by atoms with Crippen LogP contribution in [0.5, 0.6) is 0 Å². The van der Waals surface area contributed by atoms with Gasteiger partial charge in [-0.25, -0.2) is 8.42 Å². The first-order valence-corrected chi connectivity index (χ1v) is 11.2. The molecule has 0 aliphatic carbocycles. The second-order valence-electron chi connectivity index (χ2n) is 7.91. The first-order chi connectivity index (χ1) is 12.8. The minimum Gasteiger partial charge on any atom is -0.296 e. The van der Waals surface area contributed by atoms with E-state index < -0.39 is 10.0 Å². The van der Waals surface area contributed by atoms with Gasteiger partial charge >= 0.3 is 0 Å². The summed E-state index contributed by atoms with van der Waals surface area (Å²) < 4.78 is 27.5. The standard InChI is InChI=1S/C22H30N2O2S/c1-18(2)16-20-8-10-22(11-9-20)27(25,26)24-14-12-23(13-15-24)17-21-6-4-19(3)5-7-21/h4-11,18H,12-17H2,1-3H3. The zero-order valence-electron chi connectivity index (χ0n) is 16.6. The summed E-state index contributed by atoms with van der Waals surface area (Å²) in [5.74, 6) is 0.564. The van der Waals surface area contributed by atoms with Crippen LogP contribution in [0.25, 0.3) is 0 Å². The number of hydrogen-bond acceptors (Lipinski definition) is 3. The van der Waals surface area contributed by atoms with Crippen LogP contribution in [0, 0.1) is 12.8 Å². The lowest BCUT2D eigenvalue weighted by molar-refractivity contribution is 0.181. The average molecular weight is 387 g/mol. The van der Waals surface area contributed by atoms with Crippen LogP contribution >= 0.6 is 0 Å². The average Bonchev–Trinajstić information content (AvgIpc) is 2.64. The van der Waals surface area contributed by atoms with Gasteiger partial charge < -0.3 is 0 Å². The summed E-state index contributed by atoms with van der Waals surface area (Å²) in [6.45, 7) is 9.91. The highest BCUT2D eigenvalue weighted by Crippen LogP contribution is 2.20. The molecule has 0 bridgehead atoms. The number of piperazine rings is 1. The van der Waals surface area contributed by atoms with Gasteiger partial charge in [-0.15, -0.1) is 0 Å². The van der Waals surface area contributed by atoms with Crippen LogP contribution in [0.2, 0.25) is 0 Å². The molecule has 0 aromatic heterocycles. The van der Waals surface area contributed by atoms with Gasteiger partial charge in [-0.05, 0) is 42.5 Å². The van der Waals surface area contributed by atoms with Crippen molar-refractivity contribution in [2.24, 2.45) is 5.92 Å². The van der Waals surface area contributed by atoms with Crippen molar-refractivity contribution in [3.05, 3.63) is 65.2 Å². The quantitative estimate of drug-likeness (QED) is 0.760. The van der Waals surface area contributed by atoms with Crippen LogP contribution in [0.3, 0.4) is 0 Å². The molecule has 1 aliphatic rings. The van der Waals surface area contributed by atoms with E-state index in [9.17, 15) is 8.42 Å². The van der Waals surface area contributed by atoms with Crippen molar-refractivity contribution >= 4 is 10.0 Å². The molecule has 1 saturated heterocycles. The van der Waals surface area contributed by atoms with Crippen LogP contribution in [0.4, 0.5) is 0 Å². The molecular formula is C22H30N2O2S. The third-order valence-electron chi connectivity index (χ3n) is 5.06. The van der Waals surface area contributed by atoms with Crippen LogP contribution in [0.15, 0.2) is 53.4 Å². The van der Waals surface area contributed by atoms with Crippen LogP contribution in [-0.2, 0) is 23.0 Å². The van der Waals surface area contributed by atoms with Crippen LogP contribution < -0.4 is 0 Å².